The molecule has 0 bridgehead atoms. The van der Waals surface area contributed by atoms with Gasteiger partial charge in [0.2, 0.25) is 11.8 Å². The highest BCUT2D eigenvalue weighted by atomic mass is 16.2. The van der Waals surface area contributed by atoms with Gasteiger partial charge in [0.1, 0.15) is 0 Å². The van der Waals surface area contributed by atoms with Gasteiger partial charge in [0.05, 0.1) is 16.9 Å². The van der Waals surface area contributed by atoms with Crippen molar-refractivity contribution in [2.75, 3.05) is 36.4 Å². The third-order valence-electron chi connectivity index (χ3n) is 5.25. The summed E-state index contributed by atoms with van der Waals surface area (Å²) in [4.78, 5) is 32.7. The molecular weight excluding hydrogens is 328 g/mol. The maximum absolute atomic E-state index is 12.4. The number of amides is 2. The highest BCUT2D eigenvalue weighted by Crippen LogP contribution is 2.32. The molecule has 2 amide bonds. The number of likely N-dealkylation sites (tertiary alicyclic amines) is 1. The first-order valence-corrected chi connectivity index (χ1v) is 9.43. The molecule has 6 heteroatoms. The first-order chi connectivity index (χ1) is 12.7. The molecule has 1 aromatic carbocycles. The van der Waals surface area contributed by atoms with Crippen LogP contribution in [0.1, 0.15) is 32.1 Å². The van der Waals surface area contributed by atoms with E-state index in [0.717, 1.165) is 48.3 Å². The molecule has 1 aromatic heterocycles. The largest absolute Gasteiger partial charge is 0.370 e. The summed E-state index contributed by atoms with van der Waals surface area (Å²) in [5.74, 6) is 0.0891. The summed E-state index contributed by atoms with van der Waals surface area (Å²) in [6, 6.07) is 7.92. The fraction of sp³-hybridized carbons (Fsp3) is 0.450. The number of carbonyl (C=O) groups excluding carboxylic acids is 2. The molecule has 3 heterocycles. The normalized spacial score (nSPS) is 17.3. The van der Waals surface area contributed by atoms with E-state index in [1.165, 1.54) is 12.8 Å². The van der Waals surface area contributed by atoms with E-state index in [-0.39, 0.29) is 11.8 Å². The number of anilines is 2. The second kappa shape index (κ2) is 7.32. The molecule has 0 unspecified atom stereocenters. The summed E-state index contributed by atoms with van der Waals surface area (Å²) in [7, 11) is 0. The van der Waals surface area contributed by atoms with E-state index in [2.05, 4.69) is 21.3 Å². The van der Waals surface area contributed by atoms with Gasteiger partial charge in [-0.05, 0) is 43.5 Å². The molecule has 2 aliphatic rings. The molecule has 2 saturated heterocycles. The molecule has 0 atom stereocenters. The Morgan fingerprint density at radius 3 is 2.73 bits per heavy atom. The minimum absolute atomic E-state index is 0.0659. The van der Waals surface area contributed by atoms with Crippen LogP contribution in [0.5, 0.6) is 0 Å². The van der Waals surface area contributed by atoms with Gasteiger partial charge in [-0.25, -0.2) is 0 Å². The summed E-state index contributed by atoms with van der Waals surface area (Å²) in [6.45, 7) is 3.37. The third-order valence-corrected chi connectivity index (χ3v) is 5.25. The number of nitrogens with one attached hydrogen (secondary N) is 1. The average Bonchev–Trinajstić information content (AvgIpc) is 3.32. The van der Waals surface area contributed by atoms with Crippen LogP contribution in [0.4, 0.5) is 11.4 Å². The van der Waals surface area contributed by atoms with Crippen LogP contribution in [0, 0.1) is 0 Å². The van der Waals surface area contributed by atoms with Crippen molar-refractivity contribution >= 4 is 34.1 Å². The van der Waals surface area contributed by atoms with Crippen molar-refractivity contribution in [3.8, 4) is 0 Å². The van der Waals surface area contributed by atoms with E-state index in [9.17, 15) is 9.59 Å². The van der Waals surface area contributed by atoms with Gasteiger partial charge >= 0.3 is 0 Å². The van der Waals surface area contributed by atoms with E-state index in [0.29, 0.717) is 19.4 Å². The second-order valence-corrected chi connectivity index (χ2v) is 7.01. The van der Waals surface area contributed by atoms with E-state index in [1.54, 1.807) is 11.1 Å². The van der Waals surface area contributed by atoms with E-state index in [4.69, 9.17) is 0 Å². The summed E-state index contributed by atoms with van der Waals surface area (Å²) in [5.41, 5.74) is 2.86. The average molecular weight is 352 g/mol. The van der Waals surface area contributed by atoms with Gasteiger partial charge in [-0.2, -0.15) is 0 Å². The van der Waals surface area contributed by atoms with Crippen molar-refractivity contribution in [3.05, 3.63) is 30.5 Å². The minimum Gasteiger partial charge on any atom is -0.370 e. The summed E-state index contributed by atoms with van der Waals surface area (Å²) in [6.07, 6.45) is 6.04. The van der Waals surface area contributed by atoms with Gasteiger partial charge in [-0.15, -0.1) is 0 Å². The number of benzene rings is 1. The van der Waals surface area contributed by atoms with E-state index < -0.39 is 0 Å². The zero-order valence-corrected chi connectivity index (χ0v) is 14.9. The second-order valence-electron chi connectivity index (χ2n) is 7.01. The number of rotatable bonds is 5. The van der Waals surface area contributed by atoms with Crippen molar-refractivity contribution in [1.29, 1.82) is 0 Å². The lowest BCUT2D eigenvalue weighted by molar-refractivity contribution is -0.128. The number of aromatic nitrogens is 1. The Bertz CT molecular complexity index is 830. The van der Waals surface area contributed by atoms with Gasteiger partial charge < -0.3 is 15.1 Å². The van der Waals surface area contributed by atoms with E-state index >= 15 is 0 Å². The third kappa shape index (κ3) is 3.36. The van der Waals surface area contributed by atoms with Crippen LogP contribution in [0.15, 0.2) is 30.5 Å². The Kier molecular flexibility index (Phi) is 4.73. The van der Waals surface area contributed by atoms with Gasteiger partial charge in [-0.3, -0.25) is 14.6 Å². The Balaban J connectivity index is 1.50. The Morgan fingerprint density at radius 1 is 1.12 bits per heavy atom. The lowest BCUT2D eigenvalue weighted by Crippen LogP contribution is -2.28. The highest BCUT2D eigenvalue weighted by molar-refractivity contribution is 6.05. The number of hydrogen-bond donors (Lipinski definition) is 1. The first kappa shape index (κ1) is 16.8. The Labute approximate surface area is 153 Å². The molecule has 1 N–H and O–H groups in total. The van der Waals surface area contributed by atoms with Gasteiger partial charge in [-0.1, -0.05) is 0 Å². The fourth-order valence-corrected chi connectivity index (χ4v) is 3.87. The predicted molar refractivity (Wildman–Crippen MR) is 102 cm³/mol. The number of carbonyl (C=O) groups is 2. The molecule has 2 fully saturated rings. The fourth-order valence-electron chi connectivity index (χ4n) is 3.87. The van der Waals surface area contributed by atoms with Crippen molar-refractivity contribution in [3.63, 3.8) is 0 Å². The van der Waals surface area contributed by atoms with Gasteiger partial charge in [0.15, 0.2) is 0 Å². The lowest BCUT2D eigenvalue weighted by atomic mass is 10.1. The first-order valence-electron chi connectivity index (χ1n) is 9.43. The molecule has 2 aromatic rings. The molecule has 0 saturated carbocycles. The monoisotopic (exact) mass is 352 g/mol. The molecule has 6 nitrogen and oxygen atoms in total. The van der Waals surface area contributed by atoms with Crippen molar-refractivity contribution in [2.24, 2.45) is 0 Å². The zero-order chi connectivity index (χ0) is 17.9. The Morgan fingerprint density at radius 2 is 1.96 bits per heavy atom. The number of hydrogen-bond acceptors (Lipinski definition) is 4. The van der Waals surface area contributed by atoms with Crippen LogP contribution in [0.2, 0.25) is 0 Å². The SMILES string of the molecule is O=C(CCN1CCCC1=O)Nc1ccc(N2CCCC2)c2ncccc12. The van der Waals surface area contributed by atoms with Crippen molar-refractivity contribution < 1.29 is 9.59 Å². The van der Waals surface area contributed by atoms with Crippen LogP contribution >= 0.6 is 0 Å². The van der Waals surface area contributed by atoms with Crippen LogP contribution in [0.3, 0.4) is 0 Å². The summed E-state index contributed by atoms with van der Waals surface area (Å²) < 4.78 is 0. The molecule has 0 aliphatic carbocycles. The van der Waals surface area contributed by atoms with E-state index in [1.807, 2.05) is 18.2 Å². The summed E-state index contributed by atoms with van der Waals surface area (Å²) >= 11 is 0. The van der Waals surface area contributed by atoms with Crippen LogP contribution in [-0.4, -0.2) is 47.9 Å². The van der Waals surface area contributed by atoms with Crippen molar-refractivity contribution in [1.82, 2.24) is 9.88 Å². The molecule has 0 spiro atoms. The number of nitrogens with zero attached hydrogens (tertiary/aromatic N) is 3. The molecule has 2 aliphatic heterocycles. The lowest BCUT2D eigenvalue weighted by Gasteiger charge is -2.20. The quantitative estimate of drug-likeness (QED) is 0.899. The van der Waals surface area contributed by atoms with Gasteiger partial charge in [0, 0.05) is 50.6 Å². The number of fused-ring (bicyclic) bond motifs is 1. The van der Waals surface area contributed by atoms with Crippen LogP contribution < -0.4 is 10.2 Å². The van der Waals surface area contributed by atoms with Crippen molar-refractivity contribution in [2.45, 2.75) is 32.1 Å². The standard InChI is InChI=1S/C20H24N4O2/c25-18(9-14-24-13-4-6-19(24)26)22-16-7-8-17(23-11-1-2-12-23)20-15(16)5-3-10-21-20/h3,5,7-8,10H,1-2,4,6,9,11-14H2,(H,22,25). The maximum atomic E-state index is 12.4. The minimum atomic E-state index is -0.0659. The topological polar surface area (TPSA) is 65.5 Å². The smallest absolute Gasteiger partial charge is 0.226 e. The molecule has 0 radical (unpaired) electrons. The van der Waals surface area contributed by atoms with Crippen LogP contribution in [-0.2, 0) is 9.59 Å². The molecule has 136 valence electrons. The zero-order valence-electron chi connectivity index (χ0n) is 14.9. The maximum Gasteiger partial charge on any atom is 0.226 e. The highest BCUT2D eigenvalue weighted by Gasteiger charge is 2.21. The molecule has 26 heavy (non-hydrogen) atoms. The molecular formula is C20H24N4O2. The Hall–Kier alpha value is -2.63. The van der Waals surface area contributed by atoms with Crippen LogP contribution in [0.25, 0.3) is 10.9 Å². The number of pyridine rings is 1. The van der Waals surface area contributed by atoms with Gasteiger partial charge in [0.25, 0.3) is 0 Å². The molecule has 4 rings (SSSR count). The summed E-state index contributed by atoms with van der Waals surface area (Å²) in [5, 5.41) is 3.97. The predicted octanol–water partition coefficient (Wildman–Crippen LogP) is 2.79.